The molecule has 2 N–H and O–H groups in total. The molecule has 1 heterocycles. The Balaban J connectivity index is 1.51. The predicted octanol–water partition coefficient (Wildman–Crippen LogP) is 6.15. The Morgan fingerprint density at radius 2 is 1.85 bits per heavy atom. The van der Waals surface area contributed by atoms with Gasteiger partial charge in [0.2, 0.25) is 0 Å². The third-order valence-electron chi connectivity index (χ3n) is 10.2. The summed E-state index contributed by atoms with van der Waals surface area (Å²) in [7, 11) is -2.20. The number of nitrogens with one attached hydrogen (secondary N) is 1. The molecule has 5 rings (SSSR count). The summed E-state index contributed by atoms with van der Waals surface area (Å²) in [6, 6.07) is 3.23. The molecule has 1 spiro atoms. The zero-order valence-corrected chi connectivity index (χ0v) is 27.3. The van der Waals surface area contributed by atoms with Crippen LogP contribution in [0, 0.1) is 11.8 Å². The molecular formula is C32H47NO7Si. The van der Waals surface area contributed by atoms with E-state index in [0.717, 1.165) is 24.8 Å². The van der Waals surface area contributed by atoms with Crippen LogP contribution in [-0.2, 0) is 26.1 Å². The van der Waals surface area contributed by atoms with Crippen molar-refractivity contribution in [3.63, 3.8) is 0 Å². The number of aliphatic hydroxyl groups is 1. The molecule has 1 fully saturated rings. The van der Waals surface area contributed by atoms with Crippen LogP contribution in [-0.4, -0.2) is 48.8 Å². The average Bonchev–Trinajstić information content (AvgIpc) is 3.18. The molecule has 8 nitrogen and oxygen atoms in total. The molecule has 1 aromatic rings. The van der Waals surface area contributed by atoms with Gasteiger partial charge >= 0.3 is 12.1 Å². The lowest BCUT2D eigenvalue weighted by Crippen LogP contribution is -2.69. The molecule has 1 amide bonds. The van der Waals surface area contributed by atoms with Crippen LogP contribution >= 0.6 is 0 Å². The van der Waals surface area contributed by atoms with Gasteiger partial charge < -0.3 is 29.1 Å². The number of carbonyl (C=O) groups is 2. The molecule has 3 aliphatic carbocycles. The minimum absolute atomic E-state index is 0.0107. The van der Waals surface area contributed by atoms with Crippen LogP contribution in [0.1, 0.15) is 85.8 Å². The standard InChI is InChI=1S/C32H47NO7Si/c1-18-13-15-31-24-20-11-12-22(40-41(9,10)30(6,7)8)25(24)38-26(31)23(14-16-32(31,36)21(18)17-20)37-27(34)19(2)33-28(35)39-29(3,4)5/h11-12,14,18-19,21,26,36H,13,15-17H2,1-10H3,(H,33,35)/t18?,19-,21-,26-,31-,32+/m0/s1. The minimum Gasteiger partial charge on any atom is -0.541 e. The number of esters is 1. The van der Waals surface area contributed by atoms with Gasteiger partial charge in [-0.1, -0.05) is 33.8 Å². The molecule has 2 bridgehead atoms. The van der Waals surface area contributed by atoms with Crippen LogP contribution in [0.15, 0.2) is 24.0 Å². The Morgan fingerprint density at radius 3 is 2.49 bits per heavy atom. The molecule has 0 aromatic heterocycles. The number of alkyl carbamates (subject to hydrolysis) is 1. The van der Waals surface area contributed by atoms with E-state index in [1.165, 1.54) is 5.56 Å². The van der Waals surface area contributed by atoms with Crippen LogP contribution in [0.2, 0.25) is 18.1 Å². The van der Waals surface area contributed by atoms with Crippen molar-refractivity contribution in [2.24, 2.45) is 11.8 Å². The molecule has 1 aromatic carbocycles. The van der Waals surface area contributed by atoms with Crippen molar-refractivity contribution in [1.82, 2.24) is 5.32 Å². The van der Waals surface area contributed by atoms with Gasteiger partial charge in [0.25, 0.3) is 8.32 Å². The minimum atomic E-state index is -2.20. The second-order valence-electron chi connectivity index (χ2n) is 15.1. The van der Waals surface area contributed by atoms with E-state index in [4.69, 9.17) is 18.6 Å². The summed E-state index contributed by atoms with van der Waals surface area (Å²) in [6.45, 7) is 20.1. The second-order valence-corrected chi connectivity index (χ2v) is 19.8. The van der Waals surface area contributed by atoms with E-state index < -0.39 is 49.1 Å². The number of rotatable bonds is 5. The van der Waals surface area contributed by atoms with Crippen molar-refractivity contribution >= 4 is 20.4 Å². The molecule has 6 atom stereocenters. The van der Waals surface area contributed by atoms with Crippen LogP contribution in [0.3, 0.4) is 0 Å². The van der Waals surface area contributed by atoms with Gasteiger partial charge in [0.15, 0.2) is 11.9 Å². The average molecular weight is 586 g/mol. The summed E-state index contributed by atoms with van der Waals surface area (Å²) in [5, 5.41) is 15.1. The van der Waals surface area contributed by atoms with E-state index in [9.17, 15) is 14.7 Å². The third kappa shape index (κ3) is 4.67. The van der Waals surface area contributed by atoms with Crippen molar-refractivity contribution in [2.45, 2.75) is 128 Å². The fraction of sp³-hybridized carbons (Fsp3) is 0.688. The first-order valence-electron chi connectivity index (χ1n) is 15.0. The molecule has 1 saturated carbocycles. The number of benzene rings is 1. The summed E-state index contributed by atoms with van der Waals surface area (Å²) < 4.78 is 24.9. The Hall–Kier alpha value is -2.52. The zero-order valence-electron chi connectivity index (χ0n) is 26.3. The first-order valence-corrected chi connectivity index (χ1v) is 17.9. The first-order chi connectivity index (χ1) is 18.8. The number of ether oxygens (including phenoxy) is 3. The molecule has 1 unspecified atom stereocenters. The van der Waals surface area contributed by atoms with Crippen molar-refractivity contribution in [3.05, 3.63) is 35.1 Å². The summed E-state index contributed by atoms with van der Waals surface area (Å²) in [5.41, 5.74) is -0.264. The van der Waals surface area contributed by atoms with Crippen LogP contribution in [0.5, 0.6) is 11.5 Å². The normalized spacial score (nSPS) is 30.8. The van der Waals surface area contributed by atoms with Crippen molar-refractivity contribution < 1.29 is 33.3 Å². The van der Waals surface area contributed by atoms with E-state index in [2.05, 4.69) is 52.2 Å². The van der Waals surface area contributed by atoms with E-state index in [1.807, 2.05) is 12.1 Å². The zero-order chi connectivity index (χ0) is 30.3. The first kappa shape index (κ1) is 30.0. The van der Waals surface area contributed by atoms with Crippen molar-refractivity contribution in [2.75, 3.05) is 0 Å². The number of amides is 1. The number of hydrogen-bond acceptors (Lipinski definition) is 7. The van der Waals surface area contributed by atoms with Gasteiger partial charge in [-0.3, -0.25) is 0 Å². The number of hydrogen-bond donors (Lipinski definition) is 2. The Labute approximate surface area is 245 Å². The molecule has 0 radical (unpaired) electrons. The van der Waals surface area contributed by atoms with E-state index >= 15 is 0 Å². The summed E-state index contributed by atoms with van der Waals surface area (Å²) in [4.78, 5) is 25.5. The van der Waals surface area contributed by atoms with Gasteiger partial charge in [-0.2, -0.15) is 0 Å². The lowest BCUT2D eigenvalue weighted by atomic mass is 9.45. The van der Waals surface area contributed by atoms with E-state index in [0.29, 0.717) is 29.6 Å². The molecule has 9 heteroatoms. The highest BCUT2D eigenvalue weighted by Crippen LogP contribution is 2.68. The highest BCUT2D eigenvalue weighted by atomic mass is 28.4. The quantitative estimate of drug-likeness (QED) is 0.316. The predicted molar refractivity (Wildman–Crippen MR) is 159 cm³/mol. The van der Waals surface area contributed by atoms with Gasteiger partial charge in [0, 0.05) is 5.56 Å². The van der Waals surface area contributed by atoms with Crippen LogP contribution < -0.4 is 14.5 Å². The summed E-state index contributed by atoms with van der Waals surface area (Å²) in [5.74, 6) is 1.55. The smallest absolute Gasteiger partial charge is 0.408 e. The van der Waals surface area contributed by atoms with E-state index in [1.54, 1.807) is 27.7 Å². The Kier molecular flexibility index (Phi) is 6.93. The van der Waals surface area contributed by atoms with Crippen molar-refractivity contribution in [3.8, 4) is 11.5 Å². The van der Waals surface area contributed by atoms with Crippen LogP contribution in [0.25, 0.3) is 0 Å². The van der Waals surface area contributed by atoms with Gasteiger partial charge in [0.05, 0.1) is 11.0 Å². The molecule has 226 valence electrons. The fourth-order valence-electron chi connectivity index (χ4n) is 7.06. The second kappa shape index (κ2) is 9.49. The molecule has 4 aliphatic rings. The fourth-order valence-corrected chi connectivity index (χ4v) is 8.08. The molecule has 1 aliphatic heterocycles. The maximum Gasteiger partial charge on any atom is 0.408 e. The number of carbonyl (C=O) groups excluding carboxylic acids is 2. The third-order valence-corrected chi connectivity index (χ3v) is 14.5. The maximum absolute atomic E-state index is 13.2. The molecule has 41 heavy (non-hydrogen) atoms. The monoisotopic (exact) mass is 585 g/mol. The largest absolute Gasteiger partial charge is 0.541 e. The van der Waals surface area contributed by atoms with Crippen molar-refractivity contribution in [1.29, 1.82) is 0 Å². The molecule has 0 saturated heterocycles. The summed E-state index contributed by atoms with van der Waals surface area (Å²) in [6.07, 6.45) is 3.25. The van der Waals surface area contributed by atoms with Gasteiger partial charge in [-0.15, -0.1) is 0 Å². The summed E-state index contributed by atoms with van der Waals surface area (Å²) >= 11 is 0. The topological polar surface area (TPSA) is 103 Å². The maximum atomic E-state index is 13.2. The van der Waals surface area contributed by atoms with Crippen LogP contribution in [0.4, 0.5) is 4.79 Å². The van der Waals surface area contributed by atoms with E-state index in [-0.39, 0.29) is 11.0 Å². The highest BCUT2D eigenvalue weighted by Gasteiger charge is 2.72. The van der Waals surface area contributed by atoms with Gasteiger partial charge in [-0.05, 0) is 101 Å². The highest BCUT2D eigenvalue weighted by molar-refractivity contribution is 6.74. The Morgan fingerprint density at radius 1 is 1.17 bits per heavy atom. The van der Waals surface area contributed by atoms with Gasteiger partial charge in [-0.25, -0.2) is 9.59 Å². The lowest BCUT2D eigenvalue weighted by molar-refractivity contribution is -0.171. The van der Waals surface area contributed by atoms with Gasteiger partial charge in [0.1, 0.15) is 23.2 Å². The Bertz CT molecular complexity index is 1290. The molecular weight excluding hydrogens is 538 g/mol. The lowest BCUT2D eigenvalue weighted by Gasteiger charge is -2.61. The SMILES string of the molecule is CC1CC[C@]23c4c5ccc(O[Si](C)(C)C(C)(C)C)c4O[C@H]2C(OC(=O)[C@H](C)NC(=O)OC(C)(C)C)=CC[C@@]3(O)[C@H]1C5.